The van der Waals surface area contributed by atoms with Crippen molar-refractivity contribution in [3.8, 4) is 17.1 Å². The lowest BCUT2D eigenvalue weighted by molar-refractivity contribution is -0.137. The predicted molar refractivity (Wildman–Crippen MR) is 65.2 cm³/mol. The van der Waals surface area contributed by atoms with Crippen molar-refractivity contribution in [1.82, 2.24) is 5.16 Å². The number of carbonyl (C=O) groups is 1. The van der Waals surface area contributed by atoms with Crippen LogP contribution in [-0.2, 0) is 6.18 Å². The maximum absolute atomic E-state index is 13.1. The summed E-state index contributed by atoms with van der Waals surface area (Å²) in [6, 6.07) is 3.30. The van der Waals surface area contributed by atoms with Crippen molar-refractivity contribution in [2.75, 3.05) is 7.11 Å². The van der Waals surface area contributed by atoms with Crippen LogP contribution in [0.15, 0.2) is 22.7 Å². The van der Waals surface area contributed by atoms with E-state index in [4.69, 9.17) is 14.4 Å². The highest BCUT2D eigenvalue weighted by Crippen LogP contribution is 2.40. The smallest absolute Gasteiger partial charge is 0.417 e. The zero-order valence-corrected chi connectivity index (χ0v) is 11.0. The number of nitrogens with zero attached hydrogens (tertiary/aromatic N) is 1. The molecule has 0 unspecified atom stereocenters. The summed E-state index contributed by atoms with van der Waals surface area (Å²) in [4.78, 5) is 10.9. The Hall–Kier alpha value is -2.51. The van der Waals surface area contributed by atoms with Crippen LogP contribution in [0.5, 0.6) is 5.75 Å². The van der Waals surface area contributed by atoms with Gasteiger partial charge in [0.1, 0.15) is 5.75 Å². The number of hydrogen-bond acceptors (Lipinski definition) is 4. The first kappa shape index (κ1) is 14.9. The molecule has 1 aromatic carbocycles. The van der Waals surface area contributed by atoms with Crippen LogP contribution in [0.4, 0.5) is 13.2 Å². The zero-order chi connectivity index (χ0) is 15.8. The summed E-state index contributed by atoms with van der Waals surface area (Å²) in [5.41, 5.74) is -1.68. The Balaban J connectivity index is 2.67. The SMILES string of the molecule is COc1ccc(-c2onc(C(=O)O)c2C)c(C(F)(F)F)c1. The van der Waals surface area contributed by atoms with Crippen molar-refractivity contribution < 1.29 is 32.3 Å². The molecular weight excluding hydrogens is 291 g/mol. The Labute approximate surface area is 116 Å². The van der Waals surface area contributed by atoms with Gasteiger partial charge in [0.2, 0.25) is 0 Å². The largest absolute Gasteiger partial charge is 0.497 e. The van der Waals surface area contributed by atoms with Crippen LogP contribution in [0.25, 0.3) is 11.3 Å². The van der Waals surface area contributed by atoms with Crippen LogP contribution in [-0.4, -0.2) is 23.3 Å². The fourth-order valence-electron chi connectivity index (χ4n) is 1.87. The molecule has 0 fully saturated rings. The molecule has 21 heavy (non-hydrogen) atoms. The number of hydrogen-bond donors (Lipinski definition) is 1. The molecule has 1 N–H and O–H groups in total. The quantitative estimate of drug-likeness (QED) is 0.941. The molecule has 2 aromatic rings. The summed E-state index contributed by atoms with van der Waals surface area (Å²) < 4.78 is 48.9. The number of alkyl halides is 3. The molecule has 0 aliphatic heterocycles. The Kier molecular flexibility index (Phi) is 3.63. The summed E-state index contributed by atoms with van der Waals surface area (Å²) in [6.45, 7) is 1.33. The highest BCUT2D eigenvalue weighted by molar-refractivity contribution is 5.89. The third kappa shape index (κ3) is 2.69. The lowest BCUT2D eigenvalue weighted by Gasteiger charge is -2.12. The van der Waals surface area contributed by atoms with Gasteiger partial charge in [0.25, 0.3) is 0 Å². The van der Waals surface area contributed by atoms with Gasteiger partial charge in [0.05, 0.1) is 12.7 Å². The highest BCUT2D eigenvalue weighted by atomic mass is 19.4. The Morgan fingerprint density at radius 3 is 2.52 bits per heavy atom. The molecule has 1 aromatic heterocycles. The summed E-state index contributed by atoms with van der Waals surface area (Å²) in [6.07, 6.45) is -4.65. The summed E-state index contributed by atoms with van der Waals surface area (Å²) in [5, 5.41) is 12.2. The van der Waals surface area contributed by atoms with Crippen LogP contribution in [0.2, 0.25) is 0 Å². The van der Waals surface area contributed by atoms with Gasteiger partial charge in [-0.3, -0.25) is 0 Å². The minimum atomic E-state index is -4.65. The van der Waals surface area contributed by atoms with E-state index >= 15 is 0 Å². The van der Waals surface area contributed by atoms with E-state index in [2.05, 4.69) is 5.16 Å². The predicted octanol–water partition coefficient (Wildman–Crippen LogP) is 3.38. The molecule has 1 heterocycles. The molecule has 5 nitrogen and oxygen atoms in total. The van der Waals surface area contributed by atoms with E-state index in [1.54, 1.807) is 0 Å². The van der Waals surface area contributed by atoms with E-state index in [0.717, 1.165) is 12.1 Å². The van der Waals surface area contributed by atoms with Crippen LogP contribution in [0, 0.1) is 6.92 Å². The summed E-state index contributed by atoms with van der Waals surface area (Å²) in [7, 11) is 1.25. The van der Waals surface area contributed by atoms with Crippen molar-refractivity contribution >= 4 is 5.97 Å². The molecule has 8 heteroatoms. The van der Waals surface area contributed by atoms with Gasteiger partial charge in [-0.2, -0.15) is 13.2 Å². The lowest BCUT2D eigenvalue weighted by Crippen LogP contribution is -2.08. The van der Waals surface area contributed by atoms with Crippen LogP contribution < -0.4 is 4.74 Å². The molecule has 112 valence electrons. The second-order valence-corrected chi connectivity index (χ2v) is 4.20. The van der Waals surface area contributed by atoms with Crippen LogP contribution in [0.1, 0.15) is 21.6 Å². The first-order valence-electron chi connectivity index (χ1n) is 5.71. The first-order chi connectivity index (χ1) is 9.75. The molecule has 0 saturated heterocycles. The topological polar surface area (TPSA) is 72.6 Å². The van der Waals surface area contributed by atoms with Gasteiger partial charge >= 0.3 is 12.1 Å². The second-order valence-electron chi connectivity index (χ2n) is 4.20. The third-order valence-electron chi connectivity index (χ3n) is 2.90. The number of carboxylic acid groups (broad SMARTS) is 1. The van der Waals surface area contributed by atoms with Crippen molar-refractivity contribution in [3.05, 3.63) is 35.0 Å². The van der Waals surface area contributed by atoms with Crippen LogP contribution in [0.3, 0.4) is 0 Å². The Morgan fingerprint density at radius 2 is 2.05 bits per heavy atom. The van der Waals surface area contributed by atoms with Gasteiger partial charge in [-0.05, 0) is 25.1 Å². The van der Waals surface area contributed by atoms with Gasteiger partial charge in [0, 0.05) is 11.1 Å². The van der Waals surface area contributed by atoms with Gasteiger partial charge in [-0.15, -0.1) is 0 Å². The van der Waals surface area contributed by atoms with Crippen molar-refractivity contribution in [2.24, 2.45) is 0 Å². The number of benzene rings is 1. The molecule has 0 amide bonds. The fraction of sp³-hybridized carbons (Fsp3) is 0.231. The van der Waals surface area contributed by atoms with E-state index in [-0.39, 0.29) is 22.6 Å². The molecule has 0 saturated carbocycles. The Bertz CT molecular complexity index is 691. The molecule has 0 atom stereocenters. The van der Waals surface area contributed by atoms with Gasteiger partial charge in [-0.25, -0.2) is 4.79 Å². The summed E-state index contributed by atoms with van der Waals surface area (Å²) in [5.74, 6) is -1.58. The van der Waals surface area contributed by atoms with Crippen molar-refractivity contribution in [2.45, 2.75) is 13.1 Å². The average molecular weight is 301 g/mol. The Morgan fingerprint density at radius 1 is 1.38 bits per heavy atom. The second kappa shape index (κ2) is 5.12. The normalized spacial score (nSPS) is 11.5. The molecule has 0 aliphatic carbocycles. The minimum Gasteiger partial charge on any atom is -0.497 e. The third-order valence-corrected chi connectivity index (χ3v) is 2.90. The number of rotatable bonds is 3. The van der Waals surface area contributed by atoms with E-state index in [1.165, 1.54) is 20.1 Å². The van der Waals surface area contributed by atoms with Gasteiger partial charge in [-0.1, -0.05) is 5.16 Å². The van der Waals surface area contributed by atoms with E-state index in [0.29, 0.717) is 0 Å². The molecular formula is C13H10F3NO4. The molecule has 0 aliphatic rings. The molecule has 0 bridgehead atoms. The van der Waals surface area contributed by atoms with E-state index in [1.807, 2.05) is 0 Å². The maximum Gasteiger partial charge on any atom is 0.417 e. The van der Waals surface area contributed by atoms with E-state index in [9.17, 15) is 18.0 Å². The van der Waals surface area contributed by atoms with Crippen molar-refractivity contribution in [1.29, 1.82) is 0 Å². The van der Waals surface area contributed by atoms with Gasteiger partial charge < -0.3 is 14.4 Å². The van der Waals surface area contributed by atoms with Crippen LogP contribution >= 0.6 is 0 Å². The molecule has 0 radical (unpaired) electrons. The average Bonchev–Trinajstić information content (AvgIpc) is 2.79. The number of carboxylic acids is 1. The monoisotopic (exact) mass is 301 g/mol. The van der Waals surface area contributed by atoms with E-state index < -0.39 is 23.4 Å². The first-order valence-corrected chi connectivity index (χ1v) is 5.71. The maximum atomic E-state index is 13.1. The number of aromatic nitrogens is 1. The molecule has 2 rings (SSSR count). The highest BCUT2D eigenvalue weighted by Gasteiger charge is 2.36. The summed E-state index contributed by atoms with van der Waals surface area (Å²) >= 11 is 0. The minimum absolute atomic E-state index is 0.0261. The number of halogens is 3. The van der Waals surface area contributed by atoms with Crippen molar-refractivity contribution in [3.63, 3.8) is 0 Å². The fourth-order valence-corrected chi connectivity index (χ4v) is 1.87. The number of ether oxygens (including phenoxy) is 1. The zero-order valence-electron chi connectivity index (χ0n) is 11.0. The molecule has 0 spiro atoms. The van der Waals surface area contributed by atoms with Gasteiger partial charge in [0.15, 0.2) is 11.5 Å². The lowest BCUT2D eigenvalue weighted by atomic mass is 10.0. The standard InChI is InChI=1S/C13H10F3NO4/c1-6-10(12(18)19)17-21-11(6)8-4-3-7(20-2)5-9(8)13(14,15)16/h3-5H,1-2H3,(H,18,19). The number of methoxy groups -OCH3 is 1. The number of aromatic carboxylic acids is 1.